The molecule has 0 spiro atoms. The molecule has 5 aromatic rings. The number of aromatic amines is 2. The number of aliphatic imine (C=N–C) groups is 1. The maximum absolute atomic E-state index is 14.4. The maximum atomic E-state index is 14.4. The summed E-state index contributed by atoms with van der Waals surface area (Å²) in [6.07, 6.45) is 3.89. The number of methoxy groups -OCH3 is 1. The smallest absolute Gasteiger partial charge is 0.196 e. The van der Waals surface area contributed by atoms with E-state index in [9.17, 15) is 14.7 Å². The summed E-state index contributed by atoms with van der Waals surface area (Å²) in [5.74, 6) is 0.238. The van der Waals surface area contributed by atoms with Gasteiger partial charge in [0, 0.05) is 76.9 Å². The van der Waals surface area contributed by atoms with E-state index in [-0.39, 0.29) is 24.2 Å². The Bertz CT molecular complexity index is 2360. The summed E-state index contributed by atoms with van der Waals surface area (Å²) in [6, 6.07) is 21.5. The zero-order chi connectivity index (χ0) is 38.2. The van der Waals surface area contributed by atoms with E-state index in [0.29, 0.717) is 71.2 Å². The van der Waals surface area contributed by atoms with Gasteiger partial charge in [0.15, 0.2) is 11.6 Å². The Morgan fingerprint density at radius 1 is 0.982 bits per heavy atom. The van der Waals surface area contributed by atoms with Gasteiger partial charge in [0.25, 0.3) is 0 Å². The fourth-order valence-corrected chi connectivity index (χ4v) is 7.49. The highest BCUT2D eigenvalue weighted by Crippen LogP contribution is 2.38. The third kappa shape index (κ3) is 7.38. The monoisotopic (exact) mass is 738 g/mol. The minimum Gasteiger partial charge on any atom is -0.494 e. The first-order valence-corrected chi connectivity index (χ1v) is 18.9. The molecule has 3 aliphatic rings. The minimum absolute atomic E-state index is 0.0912. The van der Waals surface area contributed by atoms with Crippen LogP contribution >= 0.6 is 0 Å². The highest BCUT2D eigenvalue weighted by molar-refractivity contribution is 6.32. The molecule has 3 aromatic carbocycles. The number of nitrogens with one attached hydrogen (secondary N) is 4. The second-order valence-electron chi connectivity index (χ2n) is 14.4. The number of allylic oxidation sites excluding steroid dienone is 1. The van der Waals surface area contributed by atoms with Crippen molar-refractivity contribution in [3.05, 3.63) is 135 Å². The number of aromatic nitrogens is 2. The third-order valence-electron chi connectivity index (χ3n) is 10.6. The van der Waals surface area contributed by atoms with Crippen LogP contribution in [0, 0.1) is 6.92 Å². The quantitative estimate of drug-likeness (QED) is 0.0754. The molecule has 1 saturated heterocycles. The molecule has 2 aliphatic heterocycles. The number of benzene rings is 3. The van der Waals surface area contributed by atoms with E-state index in [4.69, 9.17) is 14.5 Å². The summed E-state index contributed by atoms with van der Waals surface area (Å²) in [5.41, 5.74) is 9.82. The van der Waals surface area contributed by atoms with Crippen LogP contribution in [-0.2, 0) is 15.9 Å². The molecular weight excluding hydrogens is 693 g/mol. The van der Waals surface area contributed by atoms with Crippen LogP contribution in [-0.4, -0.2) is 95.9 Å². The SMILES string of the molecule is CCN(CC)C[C@@H](O)CNc1ccc(NC[C@H]2CO2)c2c1C(=O)c1cc(Cc3cc(C)c(/C=C4/N=C(c5cc6ccccc6[nH]5)C=C4OC)[nH]3)ccc1C2=O. The van der Waals surface area contributed by atoms with Gasteiger partial charge in [-0.05, 0) is 73.6 Å². The van der Waals surface area contributed by atoms with Crippen LogP contribution in [0.15, 0.2) is 89.3 Å². The average Bonchev–Trinajstić information content (AvgIpc) is 3.61. The third-order valence-corrected chi connectivity index (χ3v) is 10.6. The molecule has 8 rings (SSSR count). The number of rotatable bonds is 15. The van der Waals surface area contributed by atoms with Gasteiger partial charge in [0.2, 0.25) is 0 Å². The molecule has 2 atom stereocenters. The highest BCUT2D eigenvalue weighted by atomic mass is 16.6. The maximum Gasteiger partial charge on any atom is 0.196 e. The first kappa shape index (κ1) is 36.2. The number of aliphatic hydroxyl groups excluding tert-OH is 1. The van der Waals surface area contributed by atoms with Crippen molar-refractivity contribution in [1.82, 2.24) is 14.9 Å². The number of hydrogen-bond acceptors (Lipinski definition) is 9. The van der Waals surface area contributed by atoms with E-state index in [0.717, 1.165) is 57.9 Å². The Balaban J connectivity index is 1.05. The van der Waals surface area contributed by atoms with Gasteiger partial charge in [-0.1, -0.05) is 44.2 Å². The second-order valence-corrected chi connectivity index (χ2v) is 14.4. The molecule has 282 valence electrons. The lowest BCUT2D eigenvalue weighted by atomic mass is 9.81. The van der Waals surface area contributed by atoms with Crippen molar-refractivity contribution in [3.63, 3.8) is 0 Å². The zero-order valence-electron chi connectivity index (χ0n) is 31.6. The van der Waals surface area contributed by atoms with Gasteiger partial charge in [0.1, 0.15) is 11.5 Å². The number of carbonyl (C=O) groups excluding carboxylic acids is 2. The van der Waals surface area contributed by atoms with E-state index < -0.39 is 6.10 Å². The van der Waals surface area contributed by atoms with Crippen molar-refractivity contribution in [2.45, 2.75) is 39.4 Å². The Labute approximate surface area is 320 Å². The lowest BCUT2D eigenvalue weighted by Gasteiger charge is -2.26. The molecule has 0 radical (unpaired) electrons. The number of carbonyl (C=O) groups is 2. The number of anilines is 2. The van der Waals surface area contributed by atoms with Crippen molar-refractivity contribution in [3.8, 4) is 0 Å². The summed E-state index contributed by atoms with van der Waals surface area (Å²) in [6.45, 7) is 9.77. The Morgan fingerprint density at radius 3 is 2.45 bits per heavy atom. The van der Waals surface area contributed by atoms with Crippen LogP contribution in [0.3, 0.4) is 0 Å². The average molecular weight is 739 g/mol. The normalized spacial score (nSPS) is 17.3. The molecule has 4 heterocycles. The molecule has 55 heavy (non-hydrogen) atoms. The first-order valence-electron chi connectivity index (χ1n) is 18.9. The van der Waals surface area contributed by atoms with Crippen molar-refractivity contribution in [2.75, 3.05) is 57.1 Å². The summed E-state index contributed by atoms with van der Waals surface area (Å²) in [5, 5.41) is 18.6. The van der Waals surface area contributed by atoms with Crippen molar-refractivity contribution in [1.29, 1.82) is 0 Å². The standard InChI is InChI=1S/C44H46N6O5/c1-5-50(6-2)23-29(51)21-45-34-13-14-35(46-22-30-24-55-30)41-42(34)44(53)32-17-26(11-12-31(32)43(41)52)16-28-15-25(3)36(47-28)19-39-40(54-4)20-38(49-39)37-18-27-9-7-8-10-33(27)48-37/h7-15,17-20,29-30,45-48,51H,5-6,16,21-24H2,1-4H3/b39-19+/t29-,30-/m0/s1. The Kier molecular flexibility index (Phi) is 10.00. The largest absolute Gasteiger partial charge is 0.494 e. The number of fused-ring (bicyclic) bond motifs is 3. The summed E-state index contributed by atoms with van der Waals surface area (Å²) < 4.78 is 11.1. The van der Waals surface area contributed by atoms with Crippen LogP contribution in [0.2, 0.25) is 0 Å². The predicted molar refractivity (Wildman–Crippen MR) is 217 cm³/mol. The van der Waals surface area contributed by atoms with Crippen LogP contribution < -0.4 is 10.6 Å². The fourth-order valence-electron chi connectivity index (χ4n) is 7.49. The number of ketones is 2. The van der Waals surface area contributed by atoms with Crippen LogP contribution in [0.4, 0.5) is 11.4 Å². The Hall–Kier alpha value is -5.75. The molecule has 2 aromatic heterocycles. The molecule has 11 heteroatoms. The molecule has 1 fully saturated rings. The number of aliphatic hydroxyl groups is 1. The molecule has 0 unspecified atom stereocenters. The number of para-hydroxylation sites is 1. The predicted octanol–water partition coefficient (Wildman–Crippen LogP) is 6.47. The summed E-state index contributed by atoms with van der Waals surface area (Å²) in [7, 11) is 1.65. The molecule has 0 bridgehead atoms. The molecule has 1 aliphatic carbocycles. The van der Waals surface area contributed by atoms with Gasteiger partial charge in [-0.15, -0.1) is 0 Å². The first-order chi connectivity index (χ1) is 26.7. The van der Waals surface area contributed by atoms with Crippen LogP contribution in [0.5, 0.6) is 0 Å². The lowest BCUT2D eigenvalue weighted by Crippen LogP contribution is -2.36. The van der Waals surface area contributed by atoms with Crippen molar-refractivity contribution < 1.29 is 24.2 Å². The summed E-state index contributed by atoms with van der Waals surface area (Å²) >= 11 is 0. The topological polar surface area (TPSA) is 147 Å². The number of aryl methyl sites for hydroxylation is 1. The molecule has 0 saturated carbocycles. The number of hydrogen-bond donors (Lipinski definition) is 5. The highest BCUT2D eigenvalue weighted by Gasteiger charge is 2.35. The molecule has 0 amide bonds. The molecule has 5 N–H and O–H groups in total. The van der Waals surface area contributed by atoms with E-state index in [1.807, 2.05) is 61.5 Å². The van der Waals surface area contributed by atoms with Gasteiger partial charge < -0.3 is 40.1 Å². The summed E-state index contributed by atoms with van der Waals surface area (Å²) in [4.78, 5) is 42.7. The zero-order valence-corrected chi connectivity index (χ0v) is 31.6. The number of H-pyrrole nitrogens is 2. The van der Waals surface area contributed by atoms with Crippen LogP contribution in [0.25, 0.3) is 17.0 Å². The number of likely N-dealkylation sites (N-methyl/N-ethyl adjacent to an activating group) is 1. The lowest BCUT2D eigenvalue weighted by molar-refractivity contribution is 0.0980. The fraction of sp³-hybridized carbons (Fsp3) is 0.295. The molecule has 11 nitrogen and oxygen atoms in total. The van der Waals surface area contributed by atoms with Gasteiger partial charge in [-0.2, -0.15) is 0 Å². The Morgan fingerprint density at radius 2 is 1.73 bits per heavy atom. The molecular formula is C44H46N6O5. The van der Waals surface area contributed by atoms with E-state index >= 15 is 0 Å². The van der Waals surface area contributed by atoms with Crippen molar-refractivity contribution >= 4 is 45.6 Å². The number of epoxide rings is 1. The number of ether oxygens (including phenoxy) is 2. The van der Waals surface area contributed by atoms with Crippen molar-refractivity contribution in [2.24, 2.45) is 4.99 Å². The van der Waals surface area contributed by atoms with Gasteiger partial charge in [-0.25, -0.2) is 4.99 Å². The van der Waals surface area contributed by atoms with Crippen LogP contribution in [0.1, 0.15) is 73.9 Å². The second kappa shape index (κ2) is 15.2. The van der Waals surface area contributed by atoms with E-state index in [1.165, 1.54) is 0 Å². The number of nitrogens with zero attached hydrogens (tertiary/aromatic N) is 2. The van der Waals surface area contributed by atoms with Gasteiger partial charge >= 0.3 is 0 Å². The van der Waals surface area contributed by atoms with E-state index in [1.54, 1.807) is 13.2 Å². The van der Waals surface area contributed by atoms with Gasteiger partial charge in [0.05, 0.1) is 48.5 Å². The van der Waals surface area contributed by atoms with Gasteiger partial charge in [-0.3, -0.25) is 9.59 Å². The minimum atomic E-state index is -0.655. The van der Waals surface area contributed by atoms with E-state index in [2.05, 4.69) is 57.5 Å².